The number of nitrogens with one attached hydrogen (secondary N) is 2. The second kappa shape index (κ2) is 7.86. The minimum absolute atomic E-state index is 0.00693. The summed E-state index contributed by atoms with van der Waals surface area (Å²) in [6, 6.07) is 4.84. The van der Waals surface area contributed by atoms with E-state index < -0.39 is 11.7 Å². The zero-order valence-electron chi connectivity index (χ0n) is 17.1. The first-order chi connectivity index (χ1) is 15.4. The maximum Gasteiger partial charge on any atom is 0.254 e. The lowest BCUT2D eigenvalue weighted by molar-refractivity contribution is -0.124. The first kappa shape index (κ1) is 20.4. The topological polar surface area (TPSA) is 105 Å². The Kier molecular flexibility index (Phi) is 5.01. The van der Waals surface area contributed by atoms with Crippen LogP contribution in [-0.2, 0) is 16.1 Å². The number of carbonyl (C=O) groups excluding carboxylic acids is 2. The summed E-state index contributed by atoms with van der Waals surface area (Å²) in [5, 5.41) is 10.3. The number of benzene rings is 1. The van der Waals surface area contributed by atoms with Gasteiger partial charge in [0.2, 0.25) is 17.8 Å². The van der Waals surface area contributed by atoms with Crippen molar-refractivity contribution in [1.29, 1.82) is 0 Å². The molecule has 3 aromatic rings. The maximum absolute atomic E-state index is 14.3. The van der Waals surface area contributed by atoms with Crippen LogP contribution in [0.2, 0.25) is 5.02 Å². The lowest BCUT2D eigenvalue weighted by Crippen LogP contribution is -2.22. The van der Waals surface area contributed by atoms with Gasteiger partial charge in [0.1, 0.15) is 5.82 Å². The number of amides is 2. The zero-order valence-corrected chi connectivity index (χ0v) is 17.9. The van der Waals surface area contributed by atoms with Crippen molar-refractivity contribution in [3.05, 3.63) is 51.9 Å². The third kappa shape index (κ3) is 3.89. The SMILES string of the molecule is CN(Cc1c(F)cccc1Cl)c1nc(NC2CC2)n2ncc(/C=C3\CC(=O)NC3=O)c2n1. The highest BCUT2D eigenvalue weighted by molar-refractivity contribution is 6.31. The number of rotatable bonds is 6. The van der Waals surface area contributed by atoms with Crippen LogP contribution in [0.25, 0.3) is 11.7 Å². The second-order valence-corrected chi connectivity index (χ2v) is 8.29. The standard InChI is InChI=1S/C21H19ClFN7O2/c1-29(10-14-15(22)3-2-4-16(14)23)20-27-18-12(7-11-8-17(31)26-19(11)32)9-24-30(18)21(28-20)25-13-5-6-13/h2-4,7,9,13H,5-6,8,10H2,1H3,(H,25,27,28)(H,26,31,32)/b11-7+. The molecule has 1 aliphatic carbocycles. The van der Waals surface area contributed by atoms with E-state index in [0.29, 0.717) is 45.3 Å². The lowest BCUT2D eigenvalue weighted by Gasteiger charge is -2.19. The van der Waals surface area contributed by atoms with Crippen molar-refractivity contribution in [3.8, 4) is 0 Å². The summed E-state index contributed by atoms with van der Waals surface area (Å²) in [6.07, 6.45) is 5.24. The highest BCUT2D eigenvalue weighted by atomic mass is 35.5. The molecule has 0 radical (unpaired) electrons. The van der Waals surface area contributed by atoms with Crippen molar-refractivity contribution in [2.24, 2.45) is 0 Å². The Bertz CT molecular complexity index is 1260. The highest BCUT2D eigenvalue weighted by Gasteiger charge is 2.26. The van der Waals surface area contributed by atoms with Gasteiger partial charge in [0.15, 0.2) is 5.65 Å². The summed E-state index contributed by atoms with van der Waals surface area (Å²) in [5.41, 5.74) is 1.72. The summed E-state index contributed by atoms with van der Waals surface area (Å²) < 4.78 is 15.9. The number of hydrogen-bond acceptors (Lipinski definition) is 7. The molecule has 0 spiro atoms. The Hall–Kier alpha value is -3.53. The normalized spacial score (nSPS) is 17.3. The predicted molar refractivity (Wildman–Crippen MR) is 117 cm³/mol. The Labute approximate surface area is 187 Å². The zero-order chi connectivity index (χ0) is 22.4. The third-order valence-corrected chi connectivity index (χ3v) is 5.67. The van der Waals surface area contributed by atoms with Crippen molar-refractivity contribution in [1.82, 2.24) is 24.9 Å². The summed E-state index contributed by atoms with van der Waals surface area (Å²) in [6.45, 7) is 0.159. The Morgan fingerprint density at radius 3 is 2.84 bits per heavy atom. The number of aromatic nitrogens is 4. The van der Waals surface area contributed by atoms with Gasteiger partial charge in [0.25, 0.3) is 5.91 Å². The van der Waals surface area contributed by atoms with Crippen molar-refractivity contribution in [2.45, 2.75) is 31.8 Å². The van der Waals surface area contributed by atoms with Gasteiger partial charge < -0.3 is 10.2 Å². The number of fused-ring (bicyclic) bond motifs is 1. The molecule has 2 amide bonds. The van der Waals surface area contributed by atoms with Crippen LogP contribution in [0.5, 0.6) is 0 Å². The first-order valence-corrected chi connectivity index (χ1v) is 10.5. The Morgan fingerprint density at radius 1 is 1.34 bits per heavy atom. The molecule has 1 saturated carbocycles. The van der Waals surface area contributed by atoms with Gasteiger partial charge in [-0.1, -0.05) is 17.7 Å². The van der Waals surface area contributed by atoms with Gasteiger partial charge in [-0.3, -0.25) is 14.9 Å². The van der Waals surface area contributed by atoms with E-state index in [4.69, 9.17) is 11.6 Å². The minimum Gasteiger partial charge on any atom is -0.351 e. The first-order valence-electron chi connectivity index (χ1n) is 10.1. The average Bonchev–Trinajstić information content (AvgIpc) is 3.38. The number of nitrogens with zero attached hydrogens (tertiary/aromatic N) is 5. The van der Waals surface area contributed by atoms with Gasteiger partial charge in [0.05, 0.1) is 12.6 Å². The van der Waals surface area contributed by atoms with Crippen LogP contribution in [0.4, 0.5) is 16.3 Å². The van der Waals surface area contributed by atoms with E-state index in [-0.39, 0.29) is 18.9 Å². The van der Waals surface area contributed by atoms with Gasteiger partial charge in [-0.2, -0.15) is 19.6 Å². The Balaban J connectivity index is 1.56. The largest absolute Gasteiger partial charge is 0.351 e. The summed E-state index contributed by atoms with van der Waals surface area (Å²) in [4.78, 5) is 34.4. The number of halogens is 2. The van der Waals surface area contributed by atoms with Crippen molar-refractivity contribution in [3.63, 3.8) is 0 Å². The molecule has 32 heavy (non-hydrogen) atoms. The number of anilines is 2. The van der Waals surface area contributed by atoms with Crippen LogP contribution in [0, 0.1) is 5.82 Å². The molecule has 2 aliphatic rings. The van der Waals surface area contributed by atoms with Crippen LogP contribution >= 0.6 is 11.6 Å². The molecule has 1 aromatic carbocycles. The fourth-order valence-corrected chi connectivity index (χ4v) is 3.68. The molecule has 11 heteroatoms. The highest BCUT2D eigenvalue weighted by Crippen LogP contribution is 2.28. The monoisotopic (exact) mass is 455 g/mol. The molecule has 0 bridgehead atoms. The molecular weight excluding hydrogens is 437 g/mol. The average molecular weight is 456 g/mol. The van der Waals surface area contributed by atoms with Crippen LogP contribution in [0.3, 0.4) is 0 Å². The smallest absolute Gasteiger partial charge is 0.254 e. The molecular formula is C21H19ClFN7O2. The summed E-state index contributed by atoms with van der Waals surface area (Å²) >= 11 is 6.19. The molecule has 2 aromatic heterocycles. The molecule has 9 nitrogen and oxygen atoms in total. The van der Waals surface area contributed by atoms with Crippen molar-refractivity contribution >= 4 is 47.0 Å². The van der Waals surface area contributed by atoms with E-state index in [2.05, 4.69) is 25.7 Å². The molecule has 1 aliphatic heterocycles. The lowest BCUT2D eigenvalue weighted by atomic mass is 10.1. The second-order valence-electron chi connectivity index (χ2n) is 7.88. The Morgan fingerprint density at radius 2 is 2.16 bits per heavy atom. The summed E-state index contributed by atoms with van der Waals surface area (Å²) in [7, 11) is 1.74. The van der Waals surface area contributed by atoms with Gasteiger partial charge in [-0.25, -0.2) is 4.39 Å². The van der Waals surface area contributed by atoms with Crippen LogP contribution in [-0.4, -0.2) is 44.5 Å². The molecule has 0 unspecified atom stereocenters. The molecule has 5 rings (SSSR count). The van der Waals surface area contributed by atoms with Crippen molar-refractivity contribution < 1.29 is 14.0 Å². The molecule has 3 heterocycles. The maximum atomic E-state index is 14.3. The number of imide groups is 1. The summed E-state index contributed by atoms with van der Waals surface area (Å²) in [5.74, 6) is -0.340. The fraction of sp³-hybridized carbons (Fsp3) is 0.286. The van der Waals surface area contributed by atoms with Crippen LogP contribution in [0.15, 0.2) is 30.0 Å². The van der Waals surface area contributed by atoms with Crippen LogP contribution < -0.4 is 15.5 Å². The van der Waals surface area contributed by atoms with Crippen molar-refractivity contribution in [2.75, 3.05) is 17.3 Å². The van der Waals surface area contributed by atoms with E-state index in [0.717, 1.165) is 12.8 Å². The van der Waals surface area contributed by atoms with Gasteiger partial charge in [-0.05, 0) is 31.1 Å². The van der Waals surface area contributed by atoms with E-state index in [1.54, 1.807) is 40.9 Å². The fourth-order valence-electron chi connectivity index (χ4n) is 3.46. The molecule has 2 N–H and O–H groups in total. The number of carbonyl (C=O) groups is 2. The third-order valence-electron chi connectivity index (χ3n) is 5.32. The minimum atomic E-state index is -0.425. The van der Waals surface area contributed by atoms with Gasteiger partial charge in [0, 0.05) is 41.4 Å². The molecule has 164 valence electrons. The van der Waals surface area contributed by atoms with Gasteiger partial charge >= 0.3 is 0 Å². The quantitative estimate of drug-likeness (QED) is 0.434. The van der Waals surface area contributed by atoms with E-state index in [9.17, 15) is 14.0 Å². The van der Waals surface area contributed by atoms with E-state index in [1.807, 2.05) is 0 Å². The number of hydrogen-bond donors (Lipinski definition) is 2. The van der Waals surface area contributed by atoms with E-state index >= 15 is 0 Å². The van der Waals surface area contributed by atoms with Crippen LogP contribution in [0.1, 0.15) is 30.4 Å². The molecule has 1 saturated heterocycles. The predicted octanol–water partition coefficient (Wildman–Crippen LogP) is 2.56. The molecule has 0 atom stereocenters. The van der Waals surface area contributed by atoms with Gasteiger partial charge in [-0.15, -0.1) is 0 Å². The molecule has 2 fully saturated rings. The van der Waals surface area contributed by atoms with E-state index in [1.165, 1.54) is 6.07 Å².